The summed E-state index contributed by atoms with van der Waals surface area (Å²) >= 11 is 0. The van der Waals surface area contributed by atoms with Gasteiger partial charge in [-0.25, -0.2) is 10.2 Å². The molecule has 1 radical (unpaired) electrons. The molecule has 0 bridgehead atoms. The number of amides is 1. The van der Waals surface area contributed by atoms with Gasteiger partial charge in [-0.3, -0.25) is 9.63 Å². The fourth-order valence-corrected chi connectivity index (χ4v) is 0.193. The number of hydrogen-bond donors (Lipinski definition) is 0. The fraction of sp³-hybridized carbons (Fsp3) is 0.750. The number of carbonyl (C=O) groups is 1. The van der Waals surface area contributed by atoms with Crippen molar-refractivity contribution in [3.8, 4) is 0 Å². The lowest BCUT2D eigenvalue weighted by Crippen LogP contribution is -2.27. The van der Waals surface area contributed by atoms with Gasteiger partial charge in [0.05, 0.1) is 7.11 Å². The Morgan fingerprint density at radius 3 is 2.38 bits per heavy atom. The Balaban J connectivity index is 3.46. The van der Waals surface area contributed by atoms with E-state index in [2.05, 4.69) is 4.84 Å². The molecule has 4 nitrogen and oxygen atoms in total. The van der Waals surface area contributed by atoms with Gasteiger partial charge in [-0.2, -0.15) is 0 Å². The van der Waals surface area contributed by atoms with Gasteiger partial charge < -0.3 is 0 Å². The molecule has 0 aliphatic carbocycles. The third kappa shape index (κ3) is 1.90. The Bertz CT molecular complexity index is 83.4. The number of likely N-dealkylation sites (N-methyl/N-ethyl adjacent to an activating group) is 1. The SMILES string of the molecule is CON(C)C(=O)C[O]. The predicted octanol–water partition coefficient (Wildman–Crippen LogP) is -0.563. The van der Waals surface area contributed by atoms with Crippen molar-refractivity contribution >= 4 is 5.91 Å². The van der Waals surface area contributed by atoms with Crippen molar-refractivity contribution < 1.29 is 14.7 Å². The molecule has 0 aromatic carbocycles. The van der Waals surface area contributed by atoms with Crippen LogP contribution in [0.25, 0.3) is 0 Å². The van der Waals surface area contributed by atoms with Crippen molar-refractivity contribution in [2.75, 3.05) is 20.8 Å². The number of nitrogens with zero attached hydrogens (tertiary/aromatic N) is 1. The van der Waals surface area contributed by atoms with E-state index in [1.165, 1.54) is 14.2 Å². The molecule has 0 rings (SSSR count). The van der Waals surface area contributed by atoms with Gasteiger partial charge in [-0.05, 0) is 0 Å². The zero-order chi connectivity index (χ0) is 6.57. The van der Waals surface area contributed by atoms with Gasteiger partial charge >= 0.3 is 0 Å². The number of carbonyl (C=O) groups excluding carboxylic acids is 1. The van der Waals surface area contributed by atoms with E-state index in [4.69, 9.17) is 0 Å². The Labute approximate surface area is 47.6 Å². The number of hydroxylamine groups is 2. The molecule has 0 saturated heterocycles. The van der Waals surface area contributed by atoms with Gasteiger partial charge in [0, 0.05) is 7.05 Å². The van der Waals surface area contributed by atoms with Crippen LogP contribution < -0.4 is 0 Å². The van der Waals surface area contributed by atoms with E-state index in [9.17, 15) is 9.90 Å². The lowest BCUT2D eigenvalue weighted by atomic mass is 10.7. The molecule has 0 aromatic rings. The molecule has 0 unspecified atom stereocenters. The van der Waals surface area contributed by atoms with Crippen LogP contribution in [0.3, 0.4) is 0 Å². The third-order valence-electron chi connectivity index (χ3n) is 0.749. The van der Waals surface area contributed by atoms with E-state index in [1.807, 2.05) is 0 Å². The number of rotatable bonds is 2. The standard InChI is InChI=1S/C4H8NO3/c1-5(8-2)4(7)3-6/h3H2,1-2H3. The topological polar surface area (TPSA) is 49.4 Å². The van der Waals surface area contributed by atoms with Crippen molar-refractivity contribution in [2.24, 2.45) is 0 Å². The summed E-state index contributed by atoms with van der Waals surface area (Å²) in [6.45, 7) is -0.760. The van der Waals surface area contributed by atoms with Crippen LogP contribution in [0.4, 0.5) is 0 Å². The quantitative estimate of drug-likeness (QED) is 0.456. The molecule has 0 spiro atoms. The molecule has 4 heteroatoms. The van der Waals surface area contributed by atoms with Crippen LogP contribution in [0.15, 0.2) is 0 Å². The van der Waals surface area contributed by atoms with E-state index in [1.54, 1.807) is 0 Å². The van der Waals surface area contributed by atoms with Crippen molar-refractivity contribution in [1.82, 2.24) is 5.06 Å². The summed E-state index contributed by atoms with van der Waals surface area (Å²) in [7, 11) is 2.72. The minimum atomic E-state index is -0.760. The average molecular weight is 118 g/mol. The van der Waals surface area contributed by atoms with E-state index in [0.717, 1.165) is 5.06 Å². The molecular formula is C4H8NO3. The second kappa shape index (κ2) is 3.40. The molecular weight excluding hydrogens is 110 g/mol. The second-order valence-electron chi connectivity index (χ2n) is 1.22. The Morgan fingerprint density at radius 2 is 2.25 bits per heavy atom. The smallest absolute Gasteiger partial charge is 0.274 e. The predicted molar refractivity (Wildman–Crippen MR) is 25.3 cm³/mol. The van der Waals surface area contributed by atoms with Crippen LogP contribution in [0.1, 0.15) is 0 Å². The highest BCUT2D eigenvalue weighted by molar-refractivity contribution is 5.75. The molecule has 0 aliphatic rings. The Hall–Kier alpha value is -0.610. The summed E-state index contributed by atoms with van der Waals surface area (Å²) < 4.78 is 0. The molecule has 1 amide bonds. The van der Waals surface area contributed by atoms with Crippen molar-refractivity contribution in [3.63, 3.8) is 0 Å². The zero-order valence-corrected chi connectivity index (χ0v) is 4.88. The Morgan fingerprint density at radius 1 is 1.75 bits per heavy atom. The summed E-state index contributed by atoms with van der Waals surface area (Å²) in [5, 5.41) is 10.7. The van der Waals surface area contributed by atoms with Gasteiger partial charge in [-0.15, -0.1) is 0 Å². The van der Waals surface area contributed by atoms with Gasteiger partial charge in [0.1, 0.15) is 0 Å². The van der Waals surface area contributed by atoms with Crippen molar-refractivity contribution in [2.45, 2.75) is 0 Å². The van der Waals surface area contributed by atoms with Gasteiger partial charge in [-0.1, -0.05) is 0 Å². The lowest BCUT2D eigenvalue weighted by Gasteiger charge is -2.09. The Kier molecular flexibility index (Phi) is 3.14. The van der Waals surface area contributed by atoms with Gasteiger partial charge in [0.2, 0.25) is 0 Å². The van der Waals surface area contributed by atoms with Crippen molar-refractivity contribution in [3.05, 3.63) is 0 Å². The maximum absolute atomic E-state index is 10.2. The summed E-state index contributed by atoms with van der Waals surface area (Å²) in [6.07, 6.45) is 0. The van der Waals surface area contributed by atoms with E-state index in [0.29, 0.717) is 0 Å². The third-order valence-corrected chi connectivity index (χ3v) is 0.749. The number of hydrogen-bond acceptors (Lipinski definition) is 2. The van der Waals surface area contributed by atoms with Crippen LogP contribution in [-0.4, -0.2) is 31.7 Å². The molecule has 0 aromatic heterocycles. The maximum atomic E-state index is 10.2. The highest BCUT2D eigenvalue weighted by Crippen LogP contribution is 1.80. The van der Waals surface area contributed by atoms with E-state index >= 15 is 0 Å². The second-order valence-corrected chi connectivity index (χ2v) is 1.22. The first-order valence-corrected chi connectivity index (χ1v) is 2.11. The van der Waals surface area contributed by atoms with E-state index in [-0.39, 0.29) is 0 Å². The van der Waals surface area contributed by atoms with Gasteiger partial charge in [0.15, 0.2) is 6.61 Å². The summed E-state index contributed by atoms with van der Waals surface area (Å²) in [4.78, 5) is 14.6. The van der Waals surface area contributed by atoms with Crippen LogP contribution in [0.2, 0.25) is 0 Å². The minimum absolute atomic E-state index is 0.562. The molecule has 0 saturated carbocycles. The summed E-state index contributed by atoms with van der Waals surface area (Å²) in [5.41, 5.74) is 0. The van der Waals surface area contributed by atoms with Crippen LogP contribution in [-0.2, 0) is 14.7 Å². The van der Waals surface area contributed by atoms with Crippen LogP contribution >= 0.6 is 0 Å². The fourth-order valence-electron chi connectivity index (χ4n) is 0.193. The molecule has 0 atom stereocenters. The summed E-state index contributed by atoms with van der Waals surface area (Å²) in [5.74, 6) is -0.562. The van der Waals surface area contributed by atoms with Crippen molar-refractivity contribution in [1.29, 1.82) is 0 Å². The van der Waals surface area contributed by atoms with Crippen LogP contribution in [0.5, 0.6) is 0 Å². The van der Waals surface area contributed by atoms with E-state index < -0.39 is 12.5 Å². The highest BCUT2D eigenvalue weighted by Gasteiger charge is 2.03. The largest absolute Gasteiger partial charge is 0.275 e. The monoisotopic (exact) mass is 118 g/mol. The highest BCUT2D eigenvalue weighted by atomic mass is 16.7. The normalized spacial score (nSPS) is 8.88. The molecule has 0 fully saturated rings. The molecule has 47 valence electrons. The first kappa shape index (κ1) is 7.39. The summed E-state index contributed by atoms with van der Waals surface area (Å²) in [6, 6.07) is 0. The lowest BCUT2D eigenvalue weighted by molar-refractivity contribution is -0.173. The molecule has 8 heavy (non-hydrogen) atoms. The van der Waals surface area contributed by atoms with Crippen LogP contribution in [0, 0.1) is 0 Å². The average Bonchev–Trinajstić information content (AvgIpc) is 1.84. The minimum Gasteiger partial charge on any atom is -0.274 e. The van der Waals surface area contributed by atoms with Gasteiger partial charge in [0.25, 0.3) is 5.91 Å². The molecule has 0 N–H and O–H groups in total. The molecule has 0 aliphatic heterocycles. The molecule has 0 heterocycles. The first-order chi connectivity index (χ1) is 3.72. The zero-order valence-electron chi connectivity index (χ0n) is 4.88. The first-order valence-electron chi connectivity index (χ1n) is 2.11. The maximum Gasteiger partial charge on any atom is 0.275 e.